The summed E-state index contributed by atoms with van der Waals surface area (Å²) in [6, 6.07) is 10.8. The lowest BCUT2D eigenvalue weighted by Crippen LogP contribution is -2.40. The Hall–Kier alpha value is -2.63. The third-order valence-corrected chi connectivity index (χ3v) is 4.66. The number of nitrogens with one attached hydrogen (secondary N) is 2. The summed E-state index contributed by atoms with van der Waals surface area (Å²) >= 11 is 0. The van der Waals surface area contributed by atoms with Gasteiger partial charge in [0.25, 0.3) is 0 Å². The number of rotatable bonds is 7. The maximum Gasteiger partial charge on any atom is 0.213 e. The van der Waals surface area contributed by atoms with E-state index in [9.17, 15) is 4.39 Å². The lowest BCUT2D eigenvalue weighted by Gasteiger charge is -2.19. The monoisotopic (exact) mass is 356 g/mol. The molecule has 0 radical (unpaired) electrons. The van der Waals surface area contributed by atoms with Crippen molar-refractivity contribution in [3.63, 3.8) is 0 Å². The van der Waals surface area contributed by atoms with Gasteiger partial charge in [0.1, 0.15) is 5.82 Å². The van der Waals surface area contributed by atoms with Gasteiger partial charge in [0.05, 0.1) is 6.61 Å². The summed E-state index contributed by atoms with van der Waals surface area (Å²) in [5.41, 5.74) is 2.13. The summed E-state index contributed by atoms with van der Waals surface area (Å²) < 4.78 is 18.9. The second kappa shape index (κ2) is 8.17. The number of aliphatic imine (C=N–C) groups is 1. The summed E-state index contributed by atoms with van der Waals surface area (Å²) in [6.07, 6.45) is 3.85. The van der Waals surface area contributed by atoms with Crippen molar-refractivity contribution in [3.8, 4) is 5.88 Å². The molecular formula is C20H25FN4O. The second-order valence-electron chi connectivity index (χ2n) is 6.51. The van der Waals surface area contributed by atoms with Gasteiger partial charge in [-0.1, -0.05) is 12.1 Å². The third kappa shape index (κ3) is 4.50. The van der Waals surface area contributed by atoms with Crippen LogP contribution in [-0.4, -0.2) is 31.1 Å². The number of ether oxygens (including phenoxy) is 1. The van der Waals surface area contributed by atoms with Crippen LogP contribution in [0.5, 0.6) is 5.88 Å². The fourth-order valence-electron chi connectivity index (χ4n) is 2.98. The zero-order valence-corrected chi connectivity index (χ0v) is 15.3. The van der Waals surface area contributed by atoms with E-state index in [1.165, 1.54) is 6.07 Å². The molecule has 0 unspecified atom stereocenters. The highest BCUT2D eigenvalue weighted by atomic mass is 19.1. The van der Waals surface area contributed by atoms with Gasteiger partial charge in [-0.3, -0.25) is 4.99 Å². The number of aromatic nitrogens is 1. The zero-order chi connectivity index (χ0) is 18.4. The van der Waals surface area contributed by atoms with Gasteiger partial charge in [-0.15, -0.1) is 0 Å². The molecule has 1 aliphatic carbocycles. The average Bonchev–Trinajstić information content (AvgIpc) is 3.44. The molecule has 0 bridgehead atoms. The third-order valence-electron chi connectivity index (χ3n) is 4.66. The highest BCUT2D eigenvalue weighted by Crippen LogP contribution is 2.47. The minimum atomic E-state index is -0.181. The molecule has 0 aliphatic heterocycles. The Kier molecular flexibility index (Phi) is 5.71. The van der Waals surface area contributed by atoms with Crippen LogP contribution in [-0.2, 0) is 12.0 Å². The quantitative estimate of drug-likeness (QED) is 0.591. The van der Waals surface area contributed by atoms with Gasteiger partial charge >= 0.3 is 0 Å². The molecule has 1 fully saturated rings. The molecule has 138 valence electrons. The lowest BCUT2D eigenvalue weighted by molar-refractivity contribution is 0.326. The van der Waals surface area contributed by atoms with Crippen molar-refractivity contribution in [1.29, 1.82) is 0 Å². The first kappa shape index (κ1) is 18.2. The summed E-state index contributed by atoms with van der Waals surface area (Å²) in [5.74, 6) is 1.17. The van der Waals surface area contributed by atoms with Crippen molar-refractivity contribution in [2.75, 3.05) is 20.2 Å². The van der Waals surface area contributed by atoms with Gasteiger partial charge in [0.2, 0.25) is 5.88 Å². The van der Waals surface area contributed by atoms with Crippen molar-refractivity contribution in [3.05, 3.63) is 59.5 Å². The summed E-state index contributed by atoms with van der Waals surface area (Å²) in [5, 5.41) is 6.67. The van der Waals surface area contributed by atoms with Crippen LogP contribution in [0.25, 0.3) is 0 Å². The smallest absolute Gasteiger partial charge is 0.213 e. The number of guanidine groups is 1. The Bertz CT molecular complexity index is 774. The van der Waals surface area contributed by atoms with Crippen molar-refractivity contribution in [1.82, 2.24) is 15.6 Å². The summed E-state index contributed by atoms with van der Waals surface area (Å²) in [7, 11) is 1.75. The topological polar surface area (TPSA) is 58.5 Å². The molecule has 26 heavy (non-hydrogen) atoms. The van der Waals surface area contributed by atoms with E-state index in [0.717, 1.165) is 36.5 Å². The minimum absolute atomic E-state index is 0.0124. The summed E-state index contributed by atoms with van der Waals surface area (Å²) in [6.45, 7) is 3.88. The van der Waals surface area contributed by atoms with Gasteiger partial charge in [0, 0.05) is 37.8 Å². The molecule has 0 spiro atoms. The SMILES string of the molecule is CCOc1cc(CNC(=NC)NCC2(c3cccc(F)c3)CC2)ccn1. The van der Waals surface area contributed by atoms with E-state index in [1.807, 2.05) is 25.1 Å². The van der Waals surface area contributed by atoms with Crippen molar-refractivity contribution in [2.24, 2.45) is 4.99 Å². The number of pyridine rings is 1. The molecule has 3 rings (SSSR count). The molecule has 2 aromatic rings. The molecule has 1 aromatic carbocycles. The maximum atomic E-state index is 13.5. The zero-order valence-electron chi connectivity index (χ0n) is 15.3. The largest absolute Gasteiger partial charge is 0.478 e. The fraction of sp³-hybridized carbons (Fsp3) is 0.400. The van der Waals surface area contributed by atoms with E-state index >= 15 is 0 Å². The van der Waals surface area contributed by atoms with Crippen LogP contribution < -0.4 is 15.4 Å². The van der Waals surface area contributed by atoms with E-state index in [-0.39, 0.29) is 11.2 Å². The van der Waals surface area contributed by atoms with E-state index < -0.39 is 0 Å². The highest BCUT2D eigenvalue weighted by Gasteiger charge is 2.44. The minimum Gasteiger partial charge on any atom is -0.478 e. The van der Waals surface area contributed by atoms with E-state index in [1.54, 1.807) is 25.4 Å². The predicted molar refractivity (Wildman–Crippen MR) is 101 cm³/mol. The molecule has 1 heterocycles. The number of halogens is 1. The van der Waals surface area contributed by atoms with Gasteiger partial charge in [-0.25, -0.2) is 9.37 Å². The molecular weight excluding hydrogens is 331 g/mol. The Morgan fingerprint density at radius 1 is 1.27 bits per heavy atom. The maximum absolute atomic E-state index is 13.5. The van der Waals surface area contributed by atoms with Gasteiger partial charge in [0.15, 0.2) is 5.96 Å². The normalized spacial score (nSPS) is 15.4. The molecule has 1 aliphatic rings. The molecule has 0 atom stereocenters. The molecule has 1 aromatic heterocycles. The van der Waals surface area contributed by atoms with Crippen LogP contribution in [0.1, 0.15) is 30.9 Å². The number of benzene rings is 1. The van der Waals surface area contributed by atoms with Crippen LogP contribution in [0.4, 0.5) is 4.39 Å². The first-order valence-corrected chi connectivity index (χ1v) is 8.93. The van der Waals surface area contributed by atoms with Crippen molar-refractivity contribution >= 4 is 5.96 Å². The van der Waals surface area contributed by atoms with E-state index in [2.05, 4.69) is 20.6 Å². The second-order valence-corrected chi connectivity index (χ2v) is 6.51. The van der Waals surface area contributed by atoms with E-state index in [4.69, 9.17) is 4.74 Å². The Balaban J connectivity index is 1.55. The Morgan fingerprint density at radius 3 is 2.81 bits per heavy atom. The molecule has 0 saturated heterocycles. The summed E-state index contributed by atoms with van der Waals surface area (Å²) in [4.78, 5) is 8.44. The van der Waals surface area contributed by atoms with Crippen LogP contribution in [0.3, 0.4) is 0 Å². The van der Waals surface area contributed by atoms with Gasteiger partial charge < -0.3 is 15.4 Å². The molecule has 6 heteroatoms. The van der Waals surface area contributed by atoms with Crippen LogP contribution >= 0.6 is 0 Å². The van der Waals surface area contributed by atoms with Gasteiger partial charge in [-0.05, 0) is 49.1 Å². The highest BCUT2D eigenvalue weighted by molar-refractivity contribution is 5.79. The molecule has 0 amide bonds. The van der Waals surface area contributed by atoms with Crippen molar-refractivity contribution < 1.29 is 9.13 Å². The van der Waals surface area contributed by atoms with Crippen LogP contribution in [0.15, 0.2) is 47.6 Å². The standard InChI is InChI=1S/C20H25FN4O/c1-3-26-18-11-15(7-10-23-18)13-24-19(22-2)25-14-20(8-9-20)16-5-4-6-17(21)12-16/h4-7,10-12H,3,8-9,13-14H2,1-2H3,(H2,22,24,25). The van der Waals surface area contributed by atoms with Crippen LogP contribution in [0, 0.1) is 5.82 Å². The molecule has 2 N–H and O–H groups in total. The number of nitrogens with zero attached hydrogens (tertiary/aromatic N) is 2. The number of hydrogen-bond donors (Lipinski definition) is 2. The first-order valence-electron chi connectivity index (χ1n) is 8.93. The molecule has 1 saturated carbocycles. The van der Waals surface area contributed by atoms with Gasteiger partial charge in [-0.2, -0.15) is 0 Å². The predicted octanol–water partition coefficient (Wildman–Crippen LogP) is 3.02. The van der Waals surface area contributed by atoms with Crippen LogP contribution in [0.2, 0.25) is 0 Å². The lowest BCUT2D eigenvalue weighted by atomic mass is 9.96. The Labute approximate surface area is 153 Å². The average molecular weight is 356 g/mol. The fourth-order valence-corrected chi connectivity index (χ4v) is 2.98. The Morgan fingerprint density at radius 2 is 2.12 bits per heavy atom. The van der Waals surface area contributed by atoms with Crippen molar-refractivity contribution in [2.45, 2.75) is 31.7 Å². The molecule has 5 nitrogen and oxygen atoms in total. The first-order chi connectivity index (χ1) is 12.6. The number of hydrogen-bond acceptors (Lipinski definition) is 3. The van der Waals surface area contributed by atoms with E-state index in [0.29, 0.717) is 19.0 Å².